The second-order valence-corrected chi connectivity index (χ2v) is 4.65. The molecule has 0 aliphatic heterocycles. The number of aryl methyl sites for hydroxylation is 1. The Morgan fingerprint density at radius 3 is 2.83 bits per heavy atom. The molecule has 6 heteroatoms. The van der Waals surface area contributed by atoms with Crippen LogP contribution in [0.2, 0.25) is 0 Å². The highest BCUT2D eigenvalue weighted by Crippen LogP contribution is 2.06. The molecular weight excluding hydrogens is 228 g/mol. The maximum absolute atomic E-state index is 4.42. The molecular formula is C12H18N6. The molecule has 0 aliphatic carbocycles. The van der Waals surface area contributed by atoms with Crippen molar-refractivity contribution in [3.05, 3.63) is 30.1 Å². The van der Waals surface area contributed by atoms with E-state index in [9.17, 15) is 0 Å². The second kappa shape index (κ2) is 5.68. The van der Waals surface area contributed by atoms with Gasteiger partial charge in [-0.3, -0.25) is 0 Å². The molecule has 0 saturated carbocycles. The molecule has 2 heterocycles. The molecule has 6 nitrogen and oxygen atoms in total. The zero-order valence-corrected chi connectivity index (χ0v) is 11.0. The molecule has 0 spiro atoms. The Bertz CT molecular complexity index is 491. The summed E-state index contributed by atoms with van der Waals surface area (Å²) in [5.74, 6) is 1.19. The van der Waals surface area contributed by atoms with Crippen LogP contribution in [0.4, 0.5) is 0 Å². The van der Waals surface area contributed by atoms with Gasteiger partial charge in [0.25, 0.3) is 5.95 Å². The number of rotatable bonds is 5. The molecule has 0 unspecified atom stereocenters. The maximum atomic E-state index is 4.42. The first kappa shape index (κ1) is 12.6. The summed E-state index contributed by atoms with van der Waals surface area (Å²) in [6.07, 6.45) is 4.90. The third-order valence-corrected chi connectivity index (χ3v) is 2.56. The highest BCUT2D eigenvalue weighted by Gasteiger charge is 2.05. The van der Waals surface area contributed by atoms with Gasteiger partial charge in [0.15, 0.2) is 0 Å². The van der Waals surface area contributed by atoms with Gasteiger partial charge in [0, 0.05) is 24.0 Å². The van der Waals surface area contributed by atoms with Crippen LogP contribution < -0.4 is 5.32 Å². The van der Waals surface area contributed by atoms with Gasteiger partial charge in [-0.25, -0.2) is 15.0 Å². The molecule has 0 fully saturated rings. The van der Waals surface area contributed by atoms with E-state index in [2.05, 4.69) is 39.2 Å². The fourth-order valence-electron chi connectivity index (χ4n) is 1.57. The van der Waals surface area contributed by atoms with Crippen LogP contribution in [-0.2, 0) is 6.54 Å². The topological polar surface area (TPSA) is 68.5 Å². The van der Waals surface area contributed by atoms with Crippen LogP contribution >= 0.6 is 0 Å². The van der Waals surface area contributed by atoms with Crippen molar-refractivity contribution in [1.82, 2.24) is 30.0 Å². The first-order valence-corrected chi connectivity index (χ1v) is 6.05. The zero-order valence-electron chi connectivity index (χ0n) is 11.0. The fourth-order valence-corrected chi connectivity index (χ4v) is 1.57. The minimum atomic E-state index is 0.553. The zero-order chi connectivity index (χ0) is 13.0. The molecule has 0 aromatic carbocycles. The third-order valence-electron chi connectivity index (χ3n) is 2.56. The number of hydrogen-bond acceptors (Lipinski definition) is 5. The Morgan fingerprint density at radius 1 is 1.39 bits per heavy atom. The van der Waals surface area contributed by atoms with E-state index in [0.29, 0.717) is 11.9 Å². The van der Waals surface area contributed by atoms with Gasteiger partial charge < -0.3 is 5.32 Å². The predicted octanol–water partition coefficient (Wildman–Crippen LogP) is 1.11. The molecule has 0 bridgehead atoms. The van der Waals surface area contributed by atoms with Crippen molar-refractivity contribution >= 4 is 0 Å². The molecule has 0 aliphatic rings. The molecule has 2 aromatic heterocycles. The van der Waals surface area contributed by atoms with Crippen molar-refractivity contribution < 1.29 is 0 Å². The van der Waals surface area contributed by atoms with Crippen molar-refractivity contribution in [2.75, 3.05) is 6.54 Å². The number of hydrogen-bond donors (Lipinski definition) is 1. The largest absolute Gasteiger partial charge is 0.312 e. The Morgan fingerprint density at radius 2 is 2.22 bits per heavy atom. The first-order chi connectivity index (χ1) is 8.66. The quantitative estimate of drug-likeness (QED) is 0.856. The van der Waals surface area contributed by atoms with Gasteiger partial charge in [-0.05, 0) is 19.4 Å². The van der Waals surface area contributed by atoms with Gasteiger partial charge in [0.1, 0.15) is 12.7 Å². The van der Waals surface area contributed by atoms with E-state index in [1.807, 2.05) is 13.1 Å². The first-order valence-electron chi connectivity index (χ1n) is 6.05. The third kappa shape index (κ3) is 3.10. The van der Waals surface area contributed by atoms with Crippen LogP contribution in [0, 0.1) is 12.8 Å². The summed E-state index contributed by atoms with van der Waals surface area (Å²) in [5.41, 5.74) is 2.08. The van der Waals surface area contributed by atoms with Crippen LogP contribution in [0.15, 0.2) is 18.9 Å². The lowest BCUT2D eigenvalue weighted by atomic mass is 10.2. The normalized spacial score (nSPS) is 11.1. The van der Waals surface area contributed by atoms with Crippen molar-refractivity contribution in [3.8, 4) is 5.95 Å². The fraction of sp³-hybridized carbons (Fsp3) is 0.500. The van der Waals surface area contributed by atoms with Gasteiger partial charge in [-0.1, -0.05) is 13.8 Å². The van der Waals surface area contributed by atoms with E-state index in [0.717, 1.165) is 24.3 Å². The Balaban J connectivity index is 2.06. The van der Waals surface area contributed by atoms with E-state index >= 15 is 0 Å². The van der Waals surface area contributed by atoms with Gasteiger partial charge >= 0.3 is 0 Å². The van der Waals surface area contributed by atoms with Crippen LogP contribution in [-0.4, -0.2) is 31.3 Å². The van der Waals surface area contributed by atoms with Crippen molar-refractivity contribution in [3.63, 3.8) is 0 Å². The highest BCUT2D eigenvalue weighted by molar-refractivity contribution is 5.20. The average molecular weight is 246 g/mol. The lowest BCUT2D eigenvalue weighted by Gasteiger charge is -2.09. The number of nitrogens with one attached hydrogen (secondary N) is 1. The average Bonchev–Trinajstić information content (AvgIpc) is 2.84. The highest BCUT2D eigenvalue weighted by atomic mass is 15.4. The smallest absolute Gasteiger partial charge is 0.252 e. The van der Waals surface area contributed by atoms with E-state index in [1.54, 1.807) is 11.0 Å². The van der Waals surface area contributed by atoms with Crippen LogP contribution in [0.3, 0.4) is 0 Å². The molecule has 2 rings (SSSR count). The van der Waals surface area contributed by atoms with Gasteiger partial charge in [-0.2, -0.15) is 9.78 Å². The second-order valence-electron chi connectivity index (χ2n) is 4.65. The van der Waals surface area contributed by atoms with Crippen LogP contribution in [0.5, 0.6) is 0 Å². The summed E-state index contributed by atoms with van der Waals surface area (Å²) in [7, 11) is 0. The maximum Gasteiger partial charge on any atom is 0.252 e. The molecule has 0 atom stereocenters. The Labute approximate surface area is 106 Å². The van der Waals surface area contributed by atoms with Crippen molar-refractivity contribution in [2.45, 2.75) is 27.3 Å². The molecule has 0 saturated heterocycles. The monoisotopic (exact) mass is 246 g/mol. The molecule has 0 amide bonds. The van der Waals surface area contributed by atoms with Gasteiger partial charge in [-0.15, -0.1) is 0 Å². The number of nitrogens with zero attached hydrogens (tertiary/aromatic N) is 5. The summed E-state index contributed by atoms with van der Waals surface area (Å²) in [6.45, 7) is 8.13. The Hall–Kier alpha value is -1.82. The lowest BCUT2D eigenvalue weighted by molar-refractivity contribution is 0.550. The van der Waals surface area contributed by atoms with E-state index in [4.69, 9.17) is 0 Å². The molecule has 96 valence electrons. The van der Waals surface area contributed by atoms with E-state index in [-0.39, 0.29) is 0 Å². The Kier molecular flexibility index (Phi) is 3.99. The summed E-state index contributed by atoms with van der Waals surface area (Å²) in [6, 6.07) is 0. The number of aromatic nitrogens is 5. The van der Waals surface area contributed by atoms with Crippen molar-refractivity contribution in [2.24, 2.45) is 5.92 Å². The predicted molar refractivity (Wildman–Crippen MR) is 68.2 cm³/mol. The minimum absolute atomic E-state index is 0.553. The SMILES string of the molecule is Cc1nc(-n2cncn2)ncc1CNCC(C)C. The molecule has 18 heavy (non-hydrogen) atoms. The molecule has 1 N–H and O–H groups in total. The summed E-state index contributed by atoms with van der Waals surface area (Å²) in [4.78, 5) is 12.6. The van der Waals surface area contributed by atoms with Crippen LogP contribution in [0.1, 0.15) is 25.1 Å². The molecule has 2 aromatic rings. The van der Waals surface area contributed by atoms with Crippen molar-refractivity contribution in [1.29, 1.82) is 0 Å². The summed E-state index contributed by atoms with van der Waals surface area (Å²) in [5, 5.41) is 7.39. The standard InChI is InChI=1S/C12H18N6/c1-9(2)4-13-5-11-6-15-12(17-10(11)3)18-8-14-7-16-18/h6-9,13H,4-5H2,1-3H3. The van der Waals surface area contributed by atoms with E-state index < -0.39 is 0 Å². The minimum Gasteiger partial charge on any atom is -0.312 e. The molecule has 0 radical (unpaired) electrons. The van der Waals surface area contributed by atoms with E-state index in [1.165, 1.54) is 6.33 Å². The summed E-state index contributed by atoms with van der Waals surface area (Å²) >= 11 is 0. The van der Waals surface area contributed by atoms with Crippen LogP contribution in [0.25, 0.3) is 5.95 Å². The van der Waals surface area contributed by atoms with Gasteiger partial charge in [0.2, 0.25) is 0 Å². The lowest BCUT2D eigenvalue weighted by Crippen LogP contribution is -2.20. The summed E-state index contributed by atoms with van der Waals surface area (Å²) < 4.78 is 1.55. The van der Waals surface area contributed by atoms with Gasteiger partial charge in [0.05, 0.1) is 0 Å².